The molecule has 0 aromatic carbocycles. The molecule has 0 amide bonds. The molecule has 0 saturated carbocycles. The Hall–Kier alpha value is -1.04. The Balaban J connectivity index is 2.38. The quantitative estimate of drug-likeness (QED) is 0.520. The van der Waals surface area contributed by atoms with Crippen LogP contribution in [0.3, 0.4) is 0 Å². The van der Waals surface area contributed by atoms with Gasteiger partial charge in [-0.25, -0.2) is 0 Å². The summed E-state index contributed by atoms with van der Waals surface area (Å²) in [5, 5.41) is 0. The minimum atomic E-state index is 1.10. The molecule has 0 nitrogen and oxygen atoms in total. The third-order valence-electron chi connectivity index (χ3n) is 1.92. The van der Waals surface area contributed by atoms with Crippen LogP contribution in [0.2, 0.25) is 0 Å². The van der Waals surface area contributed by atoms with E-state index in [4.69, 9.17) is 0 Å². The first-order valence-corrected chi connectivity index (χ1v) is 5.03. The lowest BCUT2D eigenvalue weighted by Gasteiger charge is -1.88. The van der Waals surface area contributed by atoms with Crippen molar-refractivity contribution in [3.8, 4) is 0 Å². The van der Waals surface area contributed by atoms with Gasteiger partial charge >= 0.3 is 0 Å². The lowest BCUT2D eigenvalue weighted by molar-refractivity contribution is 0.848. The predicted octanol–water partition coefficient (Wildman–Crippen LogP) is 3.98. The fraction of sp³-hybridized carbons (Fsp3) is 0.385. The second kappa shape index (κ2) is 7.60. The molecule has 0 unspecified atom stereocenters. The van der Waals surface area contributed by atoms with Gasteiger partial charge in [0.1, 0.15) is 0 Å². The fourth-order valence-electron chi connectivity index (χ4n) is 1.18. The van der Waals surface area contributed by atoms with Crippen LogP contribution < -0.4 is 0 Å². The van der Waals surface area contributed by atoms with Gasteiger partial charge in [0.25, 0.3) is 0 Å². The number of rotatable bonds is 0. The van der Waals surface area contributed by atoms with Crippen molar-refractivity contribution in [3.63, 3.8) is 0 Å². The van der Waals surface area contributed by atoms with Crippen LogP contribution in [0.4, 0.5) is 0 Å². The highest BCUT2D eigenvalue weighted by molar-refractivity contribution is 5.11. The maximum Gasteiger partial charge on any atom is -0.0276 e. The van der Waals surface area contributed by atoms with Crippen LogP contribution in [0.1, 0.15) is 32.1 Å². The molecular formula is C13H17. The van der Waals surface area contributed by atoms with Crippen molar-refractivity contribution >= 4 is 0 Å². The van der Waals surface area contributed by atoms with Crippen LogP contribution in [0, 0.1) is 6.08 Å². The van der Waals surface area contributed by atoms with Crippen molar-refractivity contribution in [3.05, 3.63) is 48.6 Å². The van der Waals surface area contributed by atoms with Crippen molar-refractivity contribution in [2.45, 2.75) is 32.1 Å². The molecule has 0 aliphatic heterocycles. The lowest BCUT2D eigenvalue weighted by Crippen LogP contribution is -1.70. The second-order valence-electron chi connectivity index (χ2n) is 3.12. The highest BCUT2D eigenvalue weighted by Crippen LogP contribution is 2.00. The number of allylic oxidation sites excluding steroid dienone is 8. The van der Waals surface area contributed by atoms with E-state index in [2.05, 4.69) is 48.6 Å². The van der Waals surface area contributed by atoms with Crippen LogP contribution in [0.15, 0.2) is 42.5 Å². The zero-order valence-electron chi connectivity index (χ0n) is 8.08. The van der Waals surface area contributed by atoms with E-state index in [0.717, 1.165) is 25.7 Å². The highest BCUT2D eigenvalue weighted by Gasteiger charge is 1.81. The van der Waals surface area contributed by atoms with Gasteiger partial charge < -0.3 is 0 Å². The van der Waals surface area contributed by atoms with Crippen molar-refractivity contribution < 1.29 is 0 Å². The number of hydrogen-bond acceptors (Lipinski definition) is 0. The topological polar surface area (TPSA) is 0 Å². The van der Waals surface area contributed by atoms with Crippen LogP contribution >= 0.6 is 0 Å². The maximum absolute atomic E-state index is 3.31. The smallest absolute Gasteiger partial charge is 0.0276 e. The summed E-state index contributed by atoms with van der Waals surface area (Å²) in [5.41, 5.74) is 0. The molecule has 0 fully saturated rings. The van der Waals surface area contributed by atoms with Gasteiger partial charge in [0.2, 0.25) is 0 Å². The van der Waals surface area contributed by atoms with Gasteiger partial charge in [0.05, 0.1) is 0 Å². The molecule has 0 heteroatoms. The molecular weight excluding hydrogens is 156 g/mol. The molecule has 1 rings (SSSR count). The van der Waals surface area contributed by atoms with Gasteiger partial charge in [-0.1, -0.05) is 42.5 Å². The Bertz CT molecular complexity index is 216. The van der Waals surface area contributed by atoms with E-state index in [1.807, 2.05) is 0 Å². The normalized spacial score (nSPS) is 28.9. The maximum atomic E-state index is 3.31. The minimum Gasteiger partial charge on any atom is -0.0845 e. The van der Waals surface area contributed by atoms with E-state index < -0.39 is 0 Å². The first kappa shape index (κ1) is 10.0. The second-order valence-corrected chi connectivity index (χ2v) is 3.12. The van der Waals surface area contributed by atoms with E-state index in [9.17, 15) is 0 Å². The zero-order chi connectivity index (χ0) is 9.19. The summed E-state index contributed by atoms with van der Waals surface area (Å²) in [6.45, 7) is 0. The molecule has 1 radical (unpaired) electrons. The summed E-state index contributed by atoms with van der Waals surface area (Å²) >= 11 is 0. The van der Waals surface area contributed by atoms with Gasteiger partial charge in [-0.2, -0.15) is 0 Å². The Morgan fingerprint density at radius 3 is 2.38 bits per heavy atom. The van der Waals surface area contributed by atoms with Gasteiger partial charge in [-0.15, -0.1) is 0 Å². The van der Waals surface area contributed by atoms with Gasteiger partial charge in [-0.05, 0) is 38.2 Å². The summed E-state index contributed by atoms with van der Waals surface area (Å²) in [4.78, 5) is 0. The SMILES string of the molecule is [C]1=C/CC/C=C/C=C\C=C\CCC/1. The molecule has 0 saturated heterocycles. The third-order valence-corrected chi connectivity index (χ3v) is 1.92. The Morgan fingerprint density at radius 2 is 1.54 bits per heavy atom. The van der Waals surface area contributed by atoms with Crippen molar-refractivity contribution in [1.82, 2.24) is 0 Å². The van der Waals surface area contributed by atoms with E-state index in [-0.39, 0.29) is 0 Å². The summed E-state index contributed by atoms with van der Waals surface area (Å²) in [7, 11) is 0. The molecule has 0 N–H and O–H groups in total. The zero-order valence-corrected chi connectivity index (χ0v) is 8.08. The standard InChI is InChI=1S/C13H17/c1-2-4-6-8-10-12-13-11-9-7-5-3-1/h1-6,11H,7-10,12H2/b2-1-,5-3+,6-4+,13-11?. The average molecular weight is 173 g/mol. The molecule has 1 aliphatic rings. The van der Waals surface area contributed by atoms with Gasteiger partial charge in [0, 0.05) is 0 Å². The molecule has 0 aromatic rings. The summed E-state index contributed by atoms with van der Waals surface area (Å²) in [5.74, 6) is 0. The molecule has 13 heavy (non-hydrogen) atoms. The molecule has 0 heterocycles. The highest BCUT2D eigenvalue weighted by atomic mass is 13.9. The van der Waals surface area contributed by atoms with E-state index >= 15 is 0 Å². The van der Waals surface area contributed by atoms with Crippen molar-refractivity contribution in [2.24, 2.45) is 0 Å². The van der Waals surface area contributed by atoms with Crippen molar-refractivity contribution in [1.29, 1.82) is 0 Å². The van der Waals surface area contributed by atoms with E-state index in [1.54, 1.807) is 0 Å². The van der Waals surface area contributed by atoms with E-state index in [0.29, 0.717) is 0 Å². The molecule has 0 aromatic heterocycles. The molecule has 1 aliphatic carbocycles. The Morgan fingerprint density at radius 1 is 0.769 bits per heavy atom. The van der Waals surface area contributed by atoms with Crippen LogP contribution in [0.25, 0.3) is 0 Å². The summed E-state index contributed by atoms with van der Waals surface area (Å²) < 4.78 is 0. The van der Waals surface area contributed by atoms with Crippen LogP contribution in [0.5, 0.6) is 0 Å². The van der Waals surface area contributed by atoms with Crippen LogP contribution in [-0.4, -0.2) is 0 Å². The molecule has 0 bridgehead atoms. The first-order valence-electron chi connectivity index (χ1n) is 5.03. The lowest BCUT2D eigenvalue weighted by atomic mass is 10.2. The number of hydrogen-bond donors (Lipinski definition) is 0. The molecule has 0 atom stereocenters. The monoisotopic (exact) mass is 173 g/mol. The third kappa shape index (κ3) is 6.15. The predicted molar refractivity (Wildman–Crippen MR) is 58.3 cm³/mol. The molecule has 69 valence electrons. The minimum absolute atomic E-state index is 1.10. The molecule has 0 spiro atoms. The van der Waals surface area contributed by atoms with Crippen LogP contribution in [-0.2, 0) is 0 Å². The van der Waals surface area contributed by atoms with Gasteiger partial charge in [0.15, 0.2) is 0 Å². The first-order chi connectivity index (χ1) is 6.50. The summed E-state index contributed by atoms with van der Waals surface area (Å²) in [6.07, 6.45) is 24.0. The Labute approximate surface area is 81.4 Å². The largest absolute Gasteiger partial charge is 0.0845 e. The Kier molecular flexibility index (Phi) is 5.87. The average Bonchev–Trinajstić information content (AvgIpc) is 2.18. The van der Waals surface area contributed by atoms with E-state index in [1.165, 1.54) is 6.42 Å². The van der Waals surface area contributed by atoms with Gasteiger partial charge in [-0.3, -0.25) is 0 Å². The van der Waals surface area contributed by atoms with Crippen molar-refractivity contribution in [2.75, 3.05) is 0 Å². The summed E-state index contributed by atoms with van der Waals surface area (Å²) in [6, 6.07) is 0. The fourth-order valence-corrected chi connectivity index (χ4v) is 1.18.